The summed E-state index contributed by atoms with van der Waals surface area (Å²) < 4.78 is 5.11. The summed E-state index contributed by atoms with van der Waals surface area (Å²) in [6.07, 6.45) is 1.63. The van der Waals surface area contributed by atoms with Crippen molar-refractivity contribution in [2.75, 3.05) is 42.4 Å². The Morgan fingerprint density at radius 1 is 1.10 bits per heavy atom. The van der Waals surface area contributed by atoms with Crippen molar-refractivity contribution >= 4 is 40.8 Å². The Kier molecular flexibility index (Phi) is 6.99. The van der Waals surface area contributed by atoms with Gasteiger partial charge in [0.25, 0.3) is 0 Å². The number of hydrogen-bond acceptors (Lipinski definition) is 5. The molecule has 0 aliphatic carbocycles. The maximum Gasteiger partial charge on any atom is 0.332 e. The number of benzene rings is 2. The molecule has 3 rings (SSSR count). The number of methoxy groups -OCH3 is 1. The molecule has 1 N–H and O–H groups in total. The number of likely N-dealkylation sites (N-methyl/N-ethyl adjacent to an activating group) is 1. The lowest BCUT2D eigenvalue weighted by molar-refractivity contribution is 0.206. The van der Waals surface area contributed by atoms with E-state index in [1.165, 1.54) is 4.90 Å². The molecule has 0 aliphatic rings. The van der Waals surface area contributed by atoms with Crippen molar-refractivity contribution in [3.8, 4) is 0 Å². The van der Waals surface area contributed by atoms with Gasteiger partial charge in [0.05, 0.1) is 12.3 Å². The summed E-state index contributed by atoms with van der Waals surface area (Å²) in [6.45, 7) is 1.17. The van der Waals surface area contributed by atoms with Crippen LogP contribution in [0.3, 0.4) is 0 Å². The molecule has 0 unspecified atom stereocenters. The molecule has 7 nitrogen and oxygen atoms in total. The second-order valence-electron chi connectivity index (χ2n) is 6.24. The van der Waals surface area contributed by atoms with E-state index in [1.807, 2.05) is 42.3 Å². The smallest absolute Gasteiger partial charge is 0.332 e. The third kappa shape index (κ3) is 5.43. The molecule has 29 heavy (non-hydrogen) atoms. The van der Waals surface area contributed by atoms with Crippen LogP contribution in [0.15, 0.2) is 66.9 Å². The van der Waals surface area contributed by atoms with Gasteiger partial charge in [0.15, 0.2) is 0 Å². The Hall–Kier alpha value is -3.16. The molecule has 0 bridgehead atoms. The molecule has 2 amide bonds. The van der Waals surface area contributed by atoms with Crippen molar-refractivity contribution in [2.24, 2.45) is 0 Å². The van der Waals surface area contributed by atoms with Crippen LogP contribution in [0.25, 0.3) is 0 Å². The molecule has 3 aromatic rings. The molecule has 0 saturated heterocycles. The van der Waals surface area contributed by atoms with Crippen molar-refractivity contribution in [1.29, 1.82) is 0 Å². The highest BCUT2D eigenvalue weighted by molar-refractivity contribution is 6.30. The van der Waals surface area contributed by atoms with Crippen LogP contribution in [0.2, 0.25) is 5.02 Å². The van der Waals surface area contributed by atoms with Crippen LogP contribution in [-0.2, 0) is 4.74 Å². The Morgan fingerprint density at radius 3 is 2.52 bits per heavy atom. The standard InChI is InChI=1S/C21H22ClN5O2/c1-26(14-15-29-2)20-23-13-12-19(25-20)27(18-6-4-3-5-7-18)21(28)24-17-10-8-16(22)9-11-17/h3-13H,14-15H2,1-2H3,(H,24,28). The van der Waals surface area contributed by atoms with Crippen LogP contribution in [-0.4, -0.2) is 43.3 Å². The Labute approximate surface area is 174 Å². The minimum atomic E-state index is -0.345. The normalized spacial score (nSPS) is 10.4. The van der Waals surface area contributed by atoms with Gasteiger partial charge in [-0.1, -0.05) is 29.8 Å². The van der Waals surface area contributed by atoms with Crippen LogP contribution in [0.5, 0.6) is 0 Å². The van der Waals surface area contributed by atoms with E-state index >= 15 is 0 Å². The highest BCUT2D eigenvalue weighted by Crippen LogP contribution is 2.26. The zero-order valence-corrected chi connectivity index (χ0v) is 17.0. The van der Waals surface area contributed by atoms with Crippen LogP contribution in [0.4, 0.5) is 27.9 Å². The first-order chi connectivity index (χ1) is 14.1. The second-order valence-corrected chi connectivity index (χ2v) is 6.67. The quantitative estimate of drug-likeness (QED) is 0.616. The molecule has 0 spiro atoms. The second kappa shape index (κ2) is 9.86. The molecule has 1 aromatic heterocycles. The van der Waals surface area contributed by atoms with E-state index in [0.717, 1.165) is 0 Å². The van der Waals surface area contributed by atoms with E-state index in [0.29, 0.717) is 41.3 Å². The predicted octanol–water partition coefficient (Wildman–Crippen LogP) is 4.58. The fraction of sp³-hybridized carbons (Fsp3) is 0.190. The third-order valence-corrected chi connectivity index (χ3v) is 4.39. The van der Waals surface area contributed by atoms with Crippen LogP contribution in [0, 0.1) is 0 Å². The number of amides is 2. The number of aromatic nitrogens is 2. The summed E-state index contributed by atoms with van der Waals surface area (Å²) in [6, 6.07) is 17.6. The number of carbonyl (C=O) groups is 1. The first-order valence-corrected chi connectivity index (χ1v) is 9.41. The number of carbonyl (C=O) groups excluding carboxylic acids is 1. The Balaban J connectivity index is 1.92. The molecule has 150 valence electrons. The average molecular weight is 412 g/mol. The fourth-order valence-electron chi connectivity index (χ4n) is 2.62. The first kappa shape index (κ1) is 20.6. The highest BCUT2D eigenvalue weighted by Gasteiger charge is 2.20. The molecule has 0 aliphatic heterocycles. The van der Waals surface area contributed by atoms with Gasteiger partial charge < -0.3 is 15.0 Å². The van der Waals surface area contributed by atoms with Crippen molar-refractivity contribution in [2.45, 2.75) is 0 Å². The van der Waals surface area contributed by atoms with E-state index in [4.69, 9.17) is 16.3 Å². The maximum absolute atomic E-state index is 13.1. The molecule has 0 saturated carbocycles. The van der Waals surface area contributed by atoms with Gasteiger partial charge in [0.2, 0.25) is 5.95 Å². The van der Waals surface area contributed by atoms with E-state index in [2.05, 4.69) is 15.3 Å². The number of urea groups is 1. The lowest BCUT2D eigenvalue weighted by Gasteiger charge is -2.24. The minimum Gasteiger partial charge on any atom is -0.383 e. The summed E-state index contributed by atoms with van der Waals surface area (Å²) in [7, 11) is 3.52. The van der Waals surface area contributed by atoms with Gasteiger partial charge >= 0.3 is 6.03 Å². The Bertz CT molecular complexity index is 937. The highest BCUT2D eigenvalue weighted by atomic mass is 35.5. The number of nitrogens with one attached hydrogen (secondary N) is 1. The van der Waals surface area contributed by atoms with Crippen LogP contribution >= 0.6 is 11.6 Å². The number of nitrogens with zero attached hydrogens (tertiary/aromatic N) is 4. The molecular formula is C21H22ClN5O2. The van der Waals surface area contributed by atoms with E-state index < -0.39 is 0 Å². The van der Waals surface area contributed by atoms with Crippen molar-refractivity contribution in [3.05, 3.63) is 71.9 Å². The molecule has 1 heterocycles. The van der Waals surface area contributed by atoms with Crippen molar-refractivity contribution in [1.82, 2.24) is 9.97 Å². The van der Waals surface area contributed by atoms with Crippen molar-refractivity contribution < 1.29 is 9.53 Å². The first-order valence-electron chi connectivity index (χ1n) is 9.03. The largest absolute Gasteiger partial charge is 0.383 e. The maximum atomic E-state index is 13.1. The zero-order chi connectivity index (χ0) is 20.6. The molecule has 2 aromatic carbocycles. The number of rotatable bonds is 7. The Morgan fingerprint density at radius 2 is 1.83 bits per heavy atom. The van der Waals surface area contributed by atoms with Gasteiger partial charge in [0, 0.05) is 43.7 Å². The van der Waals surface area contributed by atoms with Gasteiger partial charge in [0.1, 0.15) is 5.82 Å². The summed E-state index contributed by atoms with van der Waals surface area (Å²) in [5, 5.41) is 3.48. The van der Waals surface area contributed by atoms with Gasteiger partial charge in [-0.2, -0.15) is 4.98 Å². The van der Waals surface area contributed by atoms with Crippen LogP contribution < -0.4 is 15.1 Å². The number of ether oxygens (including phenoxy) is 1. The minimum absolute atomic E-state index is 0.345. The molecular weight excluding hydrogens is 390 g/mol. The van der Waals surface area contributed by atoms with Crippen LogP contribution in [0.1, 0.15) is 0 Å². The predicted molar refractivity (Wildman–Crippen MR) is 116 cm³/mol. The average Bonchev–Trinajstić information content (AvgIpc) is 2.75. The van der Waals surface area contributed by atoms with Gasteiger partial charge in [-0.15, -0.1) is 0 Å². The number of halogens is 1. The third-order valence-electron chi connectivity index (χ3n) is 4.14. The molecule has 0 atom stereocenters. The van der Waals surface area contributed by atoms with Gasteiger partial charge in [-0.3, -0.25) is 0 Å². The number of hydrogen-bond donors (Lipinski definition) is 1. The molecule has 0 fully saturated rings. The summed E-state index contributed by atoms with van der Waals surface area (Å²) in [5.74, 6) is 0.955. The van der Waals surface area contributed by atoms with Gasteiger partial charge in [-0.05, 0) is 36.4 Å². The number of anilines is 4. The topological polar surface area (TPSA) is 70.6 Å². The summed E-state index contributed by atoms with van der Waals surface area (Å²) in [4.78, 5) is 25.4. The van der Waals surface area contributed by atoms with Crippen molar-refractivity contribution in [3.63, 3.8) is 0 Å². The zero-order valence-electron chi connectivity index (χ0n) is 16.2. The lowest BCUT2D eigenvalue weighted by atomic mass is 10.3. The fourth-order valence-corrected chi connectivity index (χ4v) is 2.75. The SMILES string of the molecule is COCCN(C)c1nccc(N(C(=O)Nc2ccc(Cl)cc2)c2ccccc2)n1. The summed E-state index contributed by atoms with van der Waals surface area (Å²) in [5.41, 5.74) is 1.31. The molecule has 0 radical (unpaired) electrons. The monoisotopic (exact) mass is 411 g/mol. The lowest BCUT2D eigenvalue weighted by Crippen LogP contribution is -2.32. The van der Waals surface area contributed by atoms with E-state index in [1.54, 1.807) is 43.6 Å². The van der Waals surface area contributed by atoms with E-state index in [-0.39, 0.29) is 6.03 Å². The molecule has 8 heteroatoms. The van der Waals surface area contributed by atoms with E-state index in [9.17, 15) is 4.79 Å². The van der Waals surface area contributed by atoms with Gasteiger partial charge in [-0.25, -0.2) is 14.7 Å². The number of para-hydroxylation sites is 1. The summed E-state index contributed by atoms with van der Waals surface area (Å²) >= 11 is 5.93.